The van der Waals surface area contributed by atoms with Gasteiger partial charge in [0.1, 0.15) is 0 Å². The zero-order valence-corrected chi connectivity index (χ0v) is 9.13. The summed E-state index contributed by atoms with van der Waals surface area (Å²) in [5, 5.41) is 8.78. The molecule has 3 heteroatoms. The number of nitrogen functional groups attached to an aromatic ring is 1. The number of carboxylic acid groups (broad SMARTS) is 1. The molecule has 3 N–H and O–H groups in total. The van der Waals surface area contributed by atoms with Crippen LogP contribution in [0.25, 0.3) is 0 Å². The Balaban J connectivity index is 2.16. The van der Waals surface area contributed by atoms with Crippen molar-refractivity contribution < 1.29 is 9.90 Å². The Morgan fingerprint density at radius 1 is 1.06 bits per heavy atom. The number of aromatic carboxylic acids is 1. The fraction of sp³-hybridized carbons (Fsp3) is 0. The third-order valence-corrected chi connectivity index (χ3v) is 2.40. The molecule has 0 bridgehead atoms. The zero-order chi connectivity index (χ0) is 12.3. The van der Waals surface area contributed by atoms with Crippen molar-refractivity contribution >= 4 is 11.7 Å². The smallest absolute Gasteiger partial charge is 0.335 e. The largest absolute Gasteiger partial charge is 0.478 e. The molecule has 0 saturated heterocycles. The van der Waals surface area contributed by atoms with Crippen LogP contribution in [-0.2, 0) is 0 Å². The number of carbonyl (C=O) groups is 1. The normalized spacial score (nSPS) is 10.1. The number of hydrogen-bond acceptors (Lipinski definition) is 2. The van der Waals surface area contributed by atoms with Crippen molar-refractivity contribution in [3.63, 3.8) is 0 Å². The van der Waals surface area contributed by atoms with E-state index in [1.165, 1.54) is 0 Å². The topological polar surface area (TPSA) is 63.3 Å². The fourth-order valence-corrected chi connectivity index (χ4v) is 1.56. The highest BCUT2D eigenvalue weighted by Crippen LogP contribution is 2.15. The molecule has 0 spiro atoms. The summed E-state index contributed by atoms with van der Waals surface area (Å²) in [5.74, 6) is -0.916. The number of anilines is 1. The molecular weight excluding hydrogens is 214 g/mol. The van der Waals surface area contributed by atoms with Gasteiger partial charge in [-0.1, -0.05) is 24.3 Å². The summed E-state index contributed by atoms with van der Waals surface area (Å²) >= 11 is 0. The summed E-state index contributed by atoms with van der Waals surface area (Å²) in [6.07, 6.45) is 1.95. The Morgan fingerprint density at radius 3 is 2.35 bits per heavy atom. The Kier molecular flexibility index (Phi) is 3.10. The van der Waals surface area contributed by atoms with Gasteiger partial charge in [-0.2, -0.15) is 0 Å². The number of nitrogens with two attached hydrogens (primary N) is 1. The van der Waals surface area contributed by atoms with Crippen LogP contribution >= 0.6 is 0 Å². The van der Waals surface area contributed by atoms with Crippen LogP contribution in [0, 0.1) is 6.42 Å². The highest BCUT2D eigenvalue weighted by atomic mass is 16.4. The van der Waals surface area contributed by atoms with Crippen molar-refractivity contribution in [1.82, 2.24) is 0 Å². The molecule has 17 heavy (non-hydrogen) atoms. The first-order valence-corrected chi connectivity index (χ1v) is 5.19. The standard InChI is InChI=1S/C14H12NO2/c15-13-3-1-2-11(9-13)8-10-4-6-12(7-5-10)14(16)17/h1-9H,15H2,(H,16,17). The predicted molar refractivity (Wildman–Crippen MR) is 66.8 cm³/mol. The number of rotatable bonds is 3. The van der Waals surface area contributed by atoms with Crippen molar-refractivity contribution in [3.05, 3.63) is 71.6 Å². The van der Waals surface area contributed by atoms with Gasteiger partial charge in [-0.3, -0.25) is 0 Å². The van der Waals surface area contributed by atoms with Gasteiger partial charge in [0.05, 0.1) is 5.56 Å². The molecule has 0 saturated carbocycles. The van der Waals surface area contributed by atoms with Crippen molar-refractivity contribution in [2.75, 3.05) is 5.73 Å². The maximum Gasteiger partial charge on any atom is 0.335 e. The van der Waals surface area contributed by atoms with E-state index in [9.17, 15) is 4.79 Å². The number of carboxylic acids is 1. The monoisotopic (exact) mass is 226 g/mol. The third kappa shape index (κ3) is 2.84. The van der Waals surface area contributed by atoms with Gasteiger partial charge >= 0.3 is 5.97 Å². The third-order valence-electron chi connectivity index (χ3n) is 2.40. The summed E-state index contributed by atoms with van der Waals surface area (Å²) in [6.45, 7) is 0. The average Bonchev–Trinajstić information content (AvgIpc) is 2.29. The van der Waals surface area contributed by atoms with Gasteiger partial charge in [-0.05, 0) is 35.4 Å². The fourth-order valence-electron chi connectivity index (χ4n) is 1.56. The van der Waals surface area contributed by atoms with E-state index < -0.39 is 5.97 Å². The molecule has 0 heterocycles. The first kappa shape index (κ1) is 11.2. The Morgan fingerprint density at radius 2 is 1.76 bits per heavy atom. The van der Waals surface area contributed by atoms with Crippen LogP contribution in [0.5, 0.6) is 0 Å². The van der Waals surface area contributed by atoms with Crippen molar-refractivity contribution in [3.8, 4) is 0 Å². The molecule has 85 valence electrons. The van der Waals surface area contributed by atoms with E-state index in [-0.39, 0.29) is 5.56 Å². The van der Waals surface area contributed by atoms with Gasteiger partial charge in [-0.15, -0.1) is 0 Å². The molecule has 1 radical (unpaired) electrons. The van der Waals surface area contributed by atoms with Gasteiger partial charge in [0.2, 0.25) is 0 Å². The molecule has 0 fully saturated rings. The molecule has 3 nitrogen and oxygen atoms in total. The molecule has 0 aliphatic carbocycles. The summed E-state index contributed by atoms with van der Waals surface area (Å²) in [6, 6.07) is 14.2. The van der Waals surface area contributed by atoms with Crippen LogP contribution in [0.3, 0.4) is 0 Å². The maximum absolute atomic E-state index is 10.7. The van der Waals surface area contributed by atoms with Gasteiger partial charge in [0.15, 0.2) is 0 Å². The van der Waals surface area contributed by atoms with Crippen LogP contribution in [-0.4, -0.2) is 11.1 Å². The van der Waals surface area contributed by atoms with E-state index >= 15 is 0 Å². The molecule has 0 aromatic heterocycles. The minimum absolute atomic E-state index is 0.287. The second kappa shape index (κ2) is 4.70. The maximum atomic E-state index is 10.7. The van der Waals surface area contributed by atoms with Crippen molar-refractivity contribution in [1.29, 1.82) is 0 Å². The van der Waals surface area contributed by atoms with Crippen LogP contribution in [0.2, 0.25) is 0 Å². The van der Waals surface area contributed by atoms with Crippen LogP contribution in [0.4, 0.5) is 5.69 Å². The second-order valence-corrected chi connectivity index (χ2v) is 3.74. The van der Waals surface area contributed by atoms with Gasteiger partial charge < -0.3 is 10.8 Å². The minimum Gasteiger partial charge on any atom is -0.478 e. The van der Waals surface area contributed by atoms with E-state index in [2.05, 4.69) is 0 Å². The summed E-state index contributed by atoms with van der Waals surface area (Å²) in [4.78, 5) is 10.7. The van der Waals surface area contributed by atoms with E-state index in [0.717, 1.165) is 11.1 Å². The molecule has 0 unspecified atom stereocenters. The Labute approximate surface area is 99.5 Å². The van der Waals surface area contributed by atoms with Crippen molar-refractivity contribution in [2.24, 2.45) is 0 Å². The lowest BCUT2D eigenvalue weighted by Gasteiger charge is -2.03. The molecule has 0 aliphatic heterocycles. The van der Waals surface area contributed by atoms with E-state index in [1.807, 2.05) is 30.7 Å². The number of hydrogen-bond donors (Lipinski definition) is 2. The first-order valence-electron chi connectivity index (χ1n) is 5.19. The van der Waals surface area contributed by atoms with E-state index in [0.29, 0.717) is 5.69 Å². The molecule has 2 rings (SSSR count). The van der Waals surface area contributed by atoms with Gasteiger partial charge in [0.25, 0.3) is 0 Å². The SMILES string of the molecule is Nc1cccc([CH]c2ccc(C(=O)O)cc2)c1. The Hall–Kier alpha value is -2.29. The summed E-state index contributed by atoms with van der Waals surface area (Å²) in [7, 11) is 0. The lowest BCUT2D eigenvalue weighted by atomic mass is 10.0. The molecule has 0 atom stereocenters. The molecule has 0 amide bonds. The molecule has 2 aromatic carbocycles. The second-order valence-electron chi connectivity index (χ2n) is 3.74. The quantitative estimate of drug-likeness (QED) is 0.790. The number of benzene rings is 2. The lowest BCUT2D eigenvalue weighted by molar-refractivity contribution is 0.0697. The first-order chi connectivity index (χ1) is 8.15. The van der Waals surface area contributed by atoms with Gasteiger partial charge in [0, 0.05) is 12.1 Å². The van der Waals surface area contributed by atoms with Gasteiger partial charge in [-0.25, -0.2) is 4.79 Å². The minimum atomic E-state index is -0.916. The van der Waals surface area contributed by atoms with Crippen LogP contribution < -0.4 is 5.73 Å². The summed E-state index contributed by atoms with van der Waals surface area (Å²) < 4.78 is 0. The Bertz CT molecular complexity index is 532. The van der Waals surface area contributed by atoms with Crippen LogP contribution in [0.15, 0.2) is 48.5 Å². The predicted octanol–water partition coefficient (Wildman–Crippen LogP) is 2.57. The van der Waals surface area contributed by atoms with Crippen LogP contribution in [0.1, 0.15) is 21.5 Å². The zero-order valence-electron chi connectivity index (χ0n) is 9.13. The van der Waals surface area contributed by atoms with E-state index in [4.69, 9.17) is 10.8 Å². The van der Waals surface area contributed by atoms with E-state index in [1.54, 1.807) is 24.3 Å². The summed E-state index contributed by atoms with van der Waals surface area (Å²) in [5.41, 5.74) is 8.61. The van der Waals surface area contributed by atoms with Crippen molar-refractivity contribution in [2.45, 2.75) is 0 Å². The molecule has 0 aliphatic rings. The average molecular weight is 226 g/mol. The lowest BCUT2D eigenvalue weighted by Crippen LogP contribution is -1.96. The molecule has 2 aromatic rings. The highest BCUT2D eigenvalue weighted by molar-refractivity contribution is 5.87. The highest BCUT2D eigenvalue weighted by Gasteiger charge is 2.02. The molecular formula is C14H12NO2.